The minimum absolute atomic E-state index is 0.00640. The molecule has 0 saturated carbocycles. The molecular weight excluding hydrogens is 252 g/mol. The number of ketones is 2. The highest BCUT2D eigenvalue weighted by molar-refractivity contribution is 5.87. The fraction of sp³-hybridized carbons (Fsp3) is 0.875. The molecule has 2 heterocycles. The monoisotopic (exact) mass is 280 g/mol. The Morgan fingerprint density at radius 2 is 1.85 bits per heavy atom. The van der Waals surface area contributed by atoms with E-state index in [1.165, 1.54) is 0 Å². The Labute approximate surface area is 122 Å². The molecular formula is C16H28N2O2. The number of carbonyl (C=O) groups is 2. The van der Waals surface area contributed by atoms with Crippen LogP contribution in [0.2, 0.25) is 0 Å². The highest BCUT2D eigenvalue weighted by atomic mass is 16.1. The van der Waals surface area contributed by atoms with Gasteiger partial charge in [-0.15, -0.1) is 0 Å². The smallest absolute Gasteiger partial charge is 0.152 e. The van der Waals surface area contributed by atoms with Crippen LogP contribution in [-0.4, -0.2) is 36.7 Å². The van der Waals surface area contributed by atoms with Crippen molar-refractivity contribution in [2.45, 2.75) is 58.5 Å². The van der Waals surface area contributed by atoms with Gasteiger partial charge in [0.25, 0.3) is 0 Å². The normalized spacial score (nSPS) is 31.7. The SMILES string of the molecule is CC(C)C(=O)C1CC(CC(C)C(=O)C2CCCN2)CN1. The highest BCUT2D eigenvalue weighted by Crippen LogP contribution is 2.25. The molecule has 0 aromatic carbocycles. The van der Waals surface area contributed by atoms with Gasteiger partial charge in [0, 0.05) is 11.8 Å². The van der Waals surface area contributed by atoms with Crippen molar-refractivity contribution in [2.24, 2.45) is 17.8 Å². The second kappa shape index (κ2) is 6.81. The lowest BCUT2D eigenvalue weighted by molar-refractivity contribution is -0.124. The van der Waals surface area contributed by atoms with Gasteiger partial charge < -0.3 is 10.6 Å². The zero-order valence-corrected chi connectivity index (χ0v) is 12.9. The molecule has 4 nitrogen and oxygen atoms in total. The van der Waals surface area contributed by atoms with E-state index in [1.807, 2.05) is 20.8 Å². The summed E-state index contributed by atoms with van der Waals surface area (Å²) in [5.74, 6) is 1.33. The molecule has 4 atom stereocenters. The first-order valence-corrected chi connectivity index (χ1v) is 8.03. The Bertz CT molecular complexity index is 361. The highest BCUT2D eigenvalue weighted by Gasteiger charge is 2.33. The van der Waals surface area contributed by atoms with Crippen molar-refractivity contribution in [3.63, 3.8) is 0 Å². The van der Waals surface area contributed by atoms with Crippen LogP contribution >= 0.6 is 0 Å². The molecule has 0 aromatic rings. The van der Waals surface area contributed by atoms with Crippen LogP contribution in [0.3, 0.4) is 0 Å². The van der Waals surface area contributed by atoms with E-state index in [1.54, 1.807) is 0 Å². The van der Waals surface area contributed by atoms with Crippen LogP contribution in [0.1, 0.15) is 46.5 Å². The largest absolute Gasteiger partial charge is 0.307 e. The van der Waals surface area contributed by atoms with Gasteiger partial charge in [-0.2, -0.15) is 0 Å². The number of hydrogen-bond donors (Lipinski definition) is 2. The van der Waals surface area contributed by atoms with Gasteiger partial charge in [0.1, 0.15) is 0 Å². The molecule has 2 N–H and O–H groups in total. The number of carbonyl (C=O) groups excluding carboxylic acids is 2. The predicted octanol–water partition coefficient (Wildman–Crippen LogP) is 1.54. The van der Waals surface area contributed by atoms with Gasteiger partial charge >= 0.3 is 0 Å². The van der Waals surface area contributed by atoms with Crippen molar-refractivity contribution >= 4 is 11.6 Å². The fourth-order valence-electron chi connectivity index (χ4n) is 3.49. The van der Waals surface area contributed by atoms with Gasteiger partial charge in [-0.1, -0.05) is 20.8 Å². The third-order valence-electron chi connectivity index (χ3n) is 4.71. The molecule has 0 amide bonds. The van der Waals surface area contributed by atoms with Crippen LogP contribution in [0.5, 0.6) is 0 Å². The molecule has 20 heavy (non-hydrogen) atoms. The predicted molar refractivity (Wildman–Crippen MR) is 79.6 cm³/mol. The molecule has 0 bridgehead atoms. The molecule has 4 heteroatoms. The molecule has 4 unspecified atom stereocenters. The molecule has 2 rings (SSSR count). The first kappa shape index (κ1) is 15.6. The molecule has 0 aliphatic carbocycles. The molecule has 114 valence electrons. The van der Waals surface area contributed by atoms with E-state index >= 15 is 0 Å². The maximum atomic E-state index is 12.3. The summed E-state index contributed by atoms with van der Waals surface area (Å²) in [5.41, 5.74) is 0. The van der Waals surface area contributed by atoms with Gasteiger partial charge in [-0.05, 0) is 44.7 Å². The van der Waals surface area contributed by atoms with Gasteiger partial charge in [-0.3, -0.25) is 9.59 Å². The Morgan fingerprint density at radius 1 is 1.10 bits per heavy atom. The van der Waals surface area contributed by atoms with Crippen molar-refractivity contribution in [3.8, 4) is 0 Å². The van der Waals surface area contributed by atoms with Crippen LogP contribution in [0.15, 0.2) is 0 Å². The van der Waals surface area contributed by atoms with Crippen molar-refractivity contribution in [1.82, 2.24) is 10.6 Å². The molecule has 0 spiro atoms. The van der Waals surface area contributed by atoms with Crippen molar-refractivity contribution in [3.05, 3.63) is 0 Å². The second-order valence-corrected chi connectivity index (χ2v) is 6.81. The maximum Gasteiger partial charge on any atom is 0.152 e. The average molecular weight is 280 g/mol. The third-order valence-corrected chi connectivity index (χ3v) is 4.71. The Balaban J connectivity index is 1.79. The van der Waals surface area contributed by atoms with Crippen molar-refractivity contribution in [1.29, 1.82) is 0 Å². The summed E-state index contributed by atoms with van der Waals surface area (Å²) >= 11 is 0. The summed E-state index contributed by atoms with van der Waals surface area (Å²) in [4.78, 5) is 24.3. The third kappa shape index (κ3) is 3.67. The zero-order chi connectivity index (χ0) is 14.7. The average Bonchev–Trinajstić information content (AvgIpc) is 3.07. The van der Waals surface area contributed by atoms with E-state index in [-0.39, 0.29) is 23.9 Å². The summed E-state index contributed by atoms with van der Waals surface area (Å²) in [7, 11) is 0. The summed E-state index contributed by atoms with van der Waals surface area (Å²) in [6.45, 7) is 7.79. The number of hydrogen-bond acceptors (Lipinski definition) is 4. The standard InChI is InChI=1S/C16H28N2O2/c1-10(2)15(19)14-8-12(9-18-14)7-11(3)16(20)13-5-4-6-17-13/h10-14,17-18H,4-9H2,1-3H3. The lowest BCUT2D eigenvalue weighted by Gasteiger charge is -2.18. The van der Waals surface area contributed by atoms with E-state index in [4.69, 9.17) is 0 Å². The Kier molecular flexibility index (Phi) is 5.33. The summed E-state index contributed by atoms with van der Waals surface area (Å²) < 4.78 is 0. The second-order valence-electron chi connectivity index (χ2n) is 6.81. The number of nitrogens with one attached hydrogen (secondary N) is 2. The Morgan fingerprint density at radius 3 is 2.45 bits per heavy atom. The molecule has 2 aliphatic heterocycles. The molecule has 2 fully saturated rings. The van der Waals surface area contributed by atoms with E-state index in [0.717, 1.165) is 38.8 Å². The Hall–Kier alpha value is -0.740. The van der Waals surface area contributed by atoms with Crippen LogP contribution in [0.25, 0.3) is 0 Å². The van der Waals surface area contributed by atoms with E-state index in [2.05, 4.69) is 10.6 Å². The maximum absolute atomic E-state index is 12.3. The van der Waals surface area contributed by atoms with Crippen LogP contribution in [0.4, 0.5) is 0 Å². The van der Waals surface area contributed by atoms with Gasteiger partial charge in [0.05, 0.1) is 12.1 Å². The minimum Gasteiger partial charge on any atom is -0.307 e. The quantitative estimate of drug-likeness (QED) is 0.775. The van der Waals surface area contributed by atoms with Crippen LogP contribution in [0, 0.1) is 17.8 Å². The van der Waals surface area contributed by atoms with Crippen LogP contribution in [-0.2, 0) is 9.59 Å². The van der Waals surface area contributed by atoms with E-state index in [0.29, 0.717) is 17.5 Å². The minimum atomic E-state index is 0.00640. The molecule has 2 aliphatic rings. The number of rotatable bonds is 6. The lowest BCUT2D eigenvalue weighted by atomic mass is 9.87. The van der Waals surface area contributed by atoms with E-state index < -0.39 is 0 Å². The zero-order valence-electron chi connectivity index (χ0n) is 12.9. The topological polar surface area (TPSA) is 58.2 Å². The van der Waals surface area contributed by atoms with Crippen molar-refractivity contribution in [2.75, 3.05) is 13.1 Å². The van der Waals surface area contributed by atoms with Gasteiger partial charge in [0.2, 0.25) is 0 Å². The van der Waals surface area contributed by atoms with Gasteiger partial charge in [0.15, 0.2) is 11.6 Å². The first-order chi connectivity index (χ1) is 9.49. The first-order valence-electron chi connectivity index (χ1n) is 8.03. The fourth-order valence-corrected chi connectivity index (χ4v) is 3.49. The van der Waals surface area contributed by atoms with E-state index in [9.17, 15) is 9.59 Å². The lowest BCUT2D eigenvalue weighted by Crippen LogP contribution is -2.35. The number of Topliss-reactive ketones (excluding diaryl/α,β-unsaturated/α-hetero) is 2. The van der Waals surface area contributed by atoms with Gasteiger partial charge in [-0.25, -0.2) is 0 Å². The molecule has 2 saturated heterocycles. The van der Waals surface area contributed by atoms with Crippen LogP contribution < -0.4 is 10.6 Å². The molecule has 0 radical (unpaired) electrons. The van der Waals surface area contributed by atoms with Crippen molar-refractivity contribution < 1.29 is 9.59 Å². The molecule has 0 aromatic heterocycles. The summed E-state index contributed by atoms with van der Waals surface area (Å²) in [6.07, 6.45) is 3.90. The summed E-state index contributed by atoms with van der Waals surface area (Å²) in [5, 5.41) is 6.61. The summed E-state index contributed by atoms with van der Waals surface area (Å²) in [6, 6.07) is 0.0827.